The lowest BCUT2D eigenvalue weighted by molar-refractivity contribution is 0.153. The summed E-state index contributed by atoms with van der Waals surface area (Å²) in [6.07, 6.45) is 5.21. The van der Waals surface area contributed by atoms with Crippen molar-refractivity contribution in [2.45, 2.75) is 44.6 Å². The Morgan fingerprint density at radius 2 is 1.61 bits per heavy atom. The number of likely N-dealkylation sites (tertiary alicyclic amines) is 1. The SMILES string of the molecule is COc1ccc(OC)c(C(O)CCc2ccc(O)cc2)c1OCCCN1CCCCC1. The Labute approximate surface area is 185 Å². The lowest BCUT2D eigenvalue weighted by atomic mass is 9.99. The predicted molar refractivity (Wildman–Crippen MR) is 121 cm³/mol. The van der Waals surface area contributed by atoms with Crippen molar-refractivity contribution in [1.82, 2.24) is 4.90 Å². The molecule has 6 heteroatoms. The van der Waals surface area contributed by atoms with E-state index >= 15 is 0 Å². The van der Waals surface area contributed by atoms with Crippen LogP contribution in [0.3, 0.4) is 0 Å². The molecule has 1 atom stereocenters. The Kier molecular flexibility index (Phi) is 8.85. The molecule has 1 unspecified atom stereocenters. The molecule has 1 aliphatic rings. The third-order valence-corrected chi connectivity index (χ3v) is 5.85. The summed E-state index contributed by atoms with van der Waals surface area (Å²) < 4.78 is 17.2. The summed E-state index contributed by atoms with van der Waals surface area (Å²) in [5.74, 6) is 1.97. The summed E-state index contributed by atoms with van der Waals surface area (Å²) >= 11 is 0. The van der Waals surface area contributed by atoms with Gasteiger partial charge in [-0.05, 0) is 75.0 Å². The Morgan fingerprint density at radius 3 is 2.29 bits per heavy atom. The van der Waals surface area contributed by atoms with Crippen molar-refractivity contribution in [3.8, 4) is 23.0 Å². The molecule has 1 heterocycles. The standard InChI is InChI=1S/C25H35NO5/c1-29-22-13-14-23(30-2)25(31-18-6-17-26-15-4-3-5-16-26)24(22)21(28)12-9-19-7-10-20(27)11-8-19/h7-8,10-11,13-14,21,27-28H,3-6,9,12,15-18H2,1-2H3. The molecule has 0 aromatic heterocycles. The highest BCUT2D eigenvalue weighted by atomic mass is 16.5. The molecule has 1 fully saturated rings. The number of hydrogen-bond acceptors (Lipinski definition) is 6. The minimum atomic E-state index is -0.768. The van der Waals surface area contributed by atoms with Crippen LogP contribution in [0.5, 0.6) is 23.0 Å². The Morgan fingerprint density at radius 1 is 0.935 bits per heavy atom. The molecule has 0 saturated carbocycles. The molecule has 0 spiro atoms. The molecule has 3 rings (SSSR count). The van der Waals surface area contributed by atoms with Gasteiger partial charge in [0, 0.05) is 6.54 Å². The van der Waals surface area contributed by atoms with Gasteiger partial charge in [0.05, 0.1) is 32.5 Å². The predicted octanol–water partition coefficient (Wildman–Crippen LogP) is 4.33. The molecule has 1 saturated heterocycles. The van der Waals surface area contributed by atoms with Gasteiger partial charge in [0.15, 0.2) is 11.5 Å². The highest BCUT2D eigenvalue weighted by Gasteiger charge is 2.23. The lowest BCUT2D eigenvalue weighted by Gasteiger charge is -2.26. The van der Waals surface area contributed by atoms with E-state index in [4.69, 9.17) is 14.2 Å². The highest BCUT2D eigenvalue weighted by molar-refractivity contribution is 5.55. The largest absolute Gasteiger partial charge is 0.508 e. The van der Waals surface area contributed by atoms with Crippen LogP contribution in [0, 0.1) is 0 Å². The quantitative estimate of drug-likeness (QED) is 0.518. The van der Waals surface area contributed by atoms with Gasteiger partial charge in [-0.1, -0.05) is 18.6 Å². The number of aliphatic hydroxyl groups is 1. The molecule has 2 aromatic carbocycles. The number of phenolic OH excluding ortho intramolecular Hbond substituents is 1. The van der Waals surface area contributed by atoms with Gasteiger partial charge in [0.2, 0.25) is 0 Å². The number of methoxy groups -OCH3 is 2. The molecule has 1 aliphatic heterocycles. The number of ether oxygens (including phenoxy) is 3. The second-order valence-electron chi connectivity index (χ2n) is 8.04. The van der Waals surface area contributed by atoms with Crippen LogP contribution in [0.1, 0.15) is 49.3 Å². The second kappa shape index (κ2) is 11.8. The minimum Gasteiger partial charge on any atom is -0.508 e. The molecule has 0 aliphatic carbocycles. The lowest BCUT2D eigenvalue weighted by Crippen LogP contribution is -2.31. The van der Waals surface area contributed by atoms with Crippen molar-refractivity contribution in [3.63, 3.8) is 0 Å². The first kappa shape index (κ1) is 23.2. The topological polar surface area (TPSA) is 71.4 Å². The van der Waals surface area contributed by atoms with Crippen LogP contribution in [-0.4, -0.2) is 55.6 Å². The van der Waals surface area contributed by atoms with Crippen molar-refractivity contribution in [3.05, 3.63) is 47.5 Å². The van der Waals surface area contributed by atoms with Crippen LogP contribution in [0.2, 0.25) is 0 Å². The normalized spacial score (nSPS) is 15.5. The number of aliphatic hydroxyl groups excluding tert-OH is 1. The fourth-order valence-corrected chi connectivity index (χ4v) is 4.12. The van der Waals surface area contributed by atoms with Crippen molar-refractivity contribution >= 4 is 0 Å². The maximum absolute atomic E-state index is 11.0. The van der Waals surface area contributed by atoms with Crippen LogP contribution in [-0.2, 0) is 6.42 Å². The van der Waals surface area contributed by atoms with Gasteiger partial charge < -0.3 is 29.3 Å². The molecule has 0 amide bonds. The third-order valence-electron chi connectivity index (χ3n) is 5.85. The number of benzene rings is 2. The van der Waals surface area contributed by atoms with Crippen molar-refractivity contribution in [2.75, 3.05) is 40.5 Å². The number of hydrogen-bond donors (Lipinski definition) is 2. The fraction of sp³-hybridized carbons (Fsp3) is 0.520. The number of aryl methyl sites for hydroxylation is 1. The smallest absolute Gasteiger partial charge is 0.170 e. The zero-order chi connectivity index (χ0) is 22.1. The summed E-state index contributed by atoms with van der Waals surface area (Å²) in [4.78, 5) is 2.49. The molecular formula is C25H35NO5. The first-order valence-corrected chi connectivity index (χ1v) is 11.2. The molecule has 31 heavy (non-hydrogen) atoms. The summed E-state index contributed by atoms with van der Waals surface area (Å²) in [5.41, 5.74) is 1.67. The van der Waals surface area contributed by atoms with Crippen molar-refractivity contribution in [2.24, 2.45) is 0 Å². The molecule has 6 nitrogen and oxygen atoms in total. The van der Waals surface area contributed by atoms with Gasteiger partial charge in [0.25, 0.3) is 0 Å². The second-order valence-corrected chi connectivity index (χ2v) is 8.04. The van der Waals surface area contributed by atoms with Crippen molar-refractivity contribution in [1.29, 1.82) is 0 Å². The fourth-order valence-electron chi connectivity index (χ4n) is 4.12. The van der Waals surface area contributed by atoms with Gasteiger partial charge in [-0.3, -0.25) is 0 Å². The number of phenols is 1. The maximum Gasteiger partial charge on any atom is 0.170 e. The van der Waals surface area contributed by atoms with E-state index in [1.165, 1.54) is 32.4 Å². The van der Waals surface area contributed by atoms with E-state index < -0.39 is 6.10 Å². The zero-order valence-corrected chi connectivity index (χ0v) is 18.7. The van der Waals surface area contributed by atoms with Crippen LogP contribution >= 0.6 is 0 Å². The zero-order valence-electron chi connectivity index (χ0n) is 18.7. The van der Waals surface area contributed by atoms with Gasteiger partial charge in [-0.15, -0.1) is 0 Å². The monoisotopic (exact) mass is 429 g/mol. The van der Waals surface area contributed by atoms with Crippen molar-refractivity contribution < 1.29 is 24.4 Å². The summed E-state index contributed by atoms with van der Waals surface area (Å²) in [5, 5.41) is 20.5. The number of nitrogens with zero attached hydrogens (tertiary/aromatic N) is 1. The molecule has 0 radical (unpaired) electrons. The Bertz CT molecular complexity index is 802. The van der Waals surface area contributed by atoms with E-state index in [1.807, 2.05) is 18.2 Å². The maximum atomic E-state index is 11.0. The van der Waals surface area contributed by atoms with E-state index in [0.717, 1.165) is 18.5 Å². The number of piperidine rings is 1. The average molecular weight is 430 g/mol. The molecule has 2 aromatic rings. The van der Waals surface area contributed by atoms with Crippen LogP contribution in [0.25, 0.3) is 0 Å². The molecular weight excluding hydrogens is 394 g/mol. The van der Waals surface area contributed by atoms with E-state index in [-0.39, 0.29) is 5.75 Å². The Hall–Kier alpha value is -2.44. The van der Waals surface area contributed by atoms with E-state index in [0.29, 0.717) is 42.3 Å². The Balaban J connectivity index is 1.68. The molecule has 170 valence electrons. The van der Waals surface area contributed by atoms with Crippen LogP contribution in [0.15, 0.2) is 36.4 Å². The molecule has 2 N–H and O–H groups in total. The van der Waals surface area contributed by atoms with Crippen LogP contribution < -0.4 is 14.2 Å². The van der Waals surface area contributed by atoms with Gasteiger partial charge >= 0.3 is 0 Å². The third kappa shape index (κ3) is 6.52. The highest BCUT2D eigenvalue weighted by Crippen LogP contribution is 2.42. The van der Waals surface area contributed by atoms with Crippen LogP contribution in [0.4, 0.5) is 0 Å². The van der Waals surface area contributed by atoms with E-state index in [9.17, 15) is 10.2 Å². The van der Waals surface area contributed by atoms with Gasteiger partial charge in [-0.25, -0.2) is 0 Å². The summed E-state index contributed by atoms with van der Waals surface area (Å²) in [6.45, 7) is 3.91. The van der Waals surface area contributed by atoms with Gasteiger partial charge in [-0.2, -0.15) is 0 Å². The summed E-state index contributed by atoms with van der Waals surface area (Å²) in [6, 6.07) is 10.7. The first-order chi connectivity index (χ1) is 15.1. The number of aromatic hydroxyl groups is 1. The average Bonchev–Trinajstić information content (AvgIpc) is 2.81. The summed E-state index contributed by atoms with van der Waals surface area (Å²) in [7, 11) is 3.20. The van der Waals surface area contributed by atoms with E-state index in [2.05, 4.69) is 4.90 Å². The van der Waals surface area contributed by atoms with Gasteiger partial charge in [0.1, 0.15) is 11.5 Å². The minimum absolute atomic E-state index is 0.235. The molecule has 0 bridgehead atoms. The first-order valence-electron chi connectivity index (χ1n) is 11.2. The van der Waals surface area contributed by atoms with E-state index in [1.54, 1.807) is 32.4 Å². The number of rotatable bonds is 11.